The Hall–Kier alpha value is -2.65. The molecule has 1 aromatic carbocycles. The van der Waals surface area contributed by atoms with Gasteiger partial charge in [-0.3, -0.25) is 14.6 Å². The number of aryl methyl sites for hydroxylation is 1. The number of benzene rings is 1. The summed E-state index contributed by atoms with van der Waals surface area (Å²) in [6, 6.07) is 8.89. The largest absolute Gasteiger partial charge is 0.289 e. The van der Waals surface area contributed by atoms with Gasteiger partial charge in [0, 0.05) is 19.3 Å². The maximum atomic E-state index is 12.1. The molecule has 0 radical (unpaired) electrons. The minimum absolute atomic E-state index is 0.0131. The number of primary sulfonamides is 1. The van der Waals surface area contributed by atoms with E-state index in [1.807, 2.05) is 0 Å². The number of aromatic nitrogens is 4. The Balaban J connectivity index is 2.02. The topological polar surface area (TPSA) is 116 Å². The van der Waals surface area contributed by atoms with Gasteiger partial charge in [0.1, 0.15) is 5.69 Å². The average Bonchev–Trinajstić information content (AvgIpc) is 3.04. The molecule has 2 aromatic heterocycles. The molecule has 8 nitrogen and oxygen atoms in total. The SMILES string of the molecule is Cn1ccc(-c2cc(=O)n(-c3ccc(S(N)(=O)=O)cc3)[nH]2)n1. The number of nitrogens with two attached hydrogens (primary N) is 1. The summed E-state index contributed by atoms with van der Waals surface area (Å²) in [7, 11) is -1.97. The highest BCUT2D eigenvalue weighted by Gasteiger charge is 2.11. The number of sulfonamides is 1. The Morgan fingerprint density at radius 2 is 1.86 bits per heavy atom. The zero-order valence-electron chi connectivity index (χ0n) is 11.6. The van der Waals surface area contributed by atoms with Crippen LogP contribution >= 0.6 is 0 Å². The number of nitrogens with zero attached hydrogens (tertiary/aromatic N) is 3. The number of nitrogens with one attached hydrogen (secondary N) is 1. The van der Waals surface area contributed by atoms with Crippen molar-refractivity contribution in [3.63, 3.8) is 0 Å². The number of rotatable bonds is 3. The molecule has 2 heterocycles. The first-order chi connectivity index (χ1) is 10.3. The third kappa shape index (κ3) is 2.59. The normalized spacial score (nSPS) is 11.7. The van der Waals surface area contributed by atoms with Crippen molar-refractivity contribution in [3.8, 4) is 17.1 Å². The molecule has 3 N–H and O–H groups in total. The molecular formula is C13H13N5O3S. The highest BCUT2D eigenvalue weighted by molar-refractivity contribution is 7.89. The van der Waals surface area contributed by atoms with Gasteiger partial charge in [-0.25, -0.2) is 18.2 Å². The molecule has 0 spiro atoms. The lowest BCUT2D eigenvalue weighted by atomic mass is 10.3. The minimum Gasteiger partial charge on any atom is -0.289 e. The van der Waals surface area contributed by atoms with Crippen LogP contribution in [0.15, 0.2) is 52.3 Å². The lowest BCUT2D eigenvalue weighted by Gasteiger charge is -2.03. The lowest BCUT2D eigenvalue weighted by molar-refractivity contribution is 0.598. The molecule has 22 heavy (non-hydrogen) atoms. The molecular weight excluding hydrogens is 306 g/mol. The van der Waals surface area contributed by atoms with Crippen molar-refractivity contribution in [2.45, 2.75) is 4.90 Å². The fourth-order valence-electron chi connectivity index (χ4n) is 2.06. The summed E-state index contributed by atoms with van der Waals surface area (Å²) in [5.74, 6) is 0. The Kier molecular flexibility index (Phi) is 3.23. The van der Waals surface area contributed by atoms with Gasteiger partial charge >= 0.3 is 0 Å². The molecule has 3 aromatic rings. The molecule has 0 aliphatic rings. The first-order valence-corrected chi connectivity index (χ1v) is 7.84. The van der Waals surface area contributed by atoms with Crippen LogP contribution in [0.5, 0.6) is 0 Å². The van der Waals surface area contributed by atoms with E-state index in [0.717, 1.165) is 0 Å². The molecule has 0 bridgehead atoms. The second-order valence-corrected chi connectivity index (χ2v) is 6.32. The quantitative estimate of drug-likeness (QED) is 0.718. The van der Waals surface area contributed by atoms with E-state index in [2.05, 4.69) is 10.2 Å². The molecule has 0 saturated carbocycles. The monoisotopic (exact) mass is 319 g/mol. The molecule has 0 saturated heterocycles. The summed E-state index contributed by atoms with van der Waals surface area (Å²) in [5, 5.41) is 12.2. The van der Waals surface area contributed by atoms with Gasteiger partial charge in [0.05, 0.1) is 16.3 Å². The summed E-state index contributed by atoms with van der Waals surface area (Å²) >= 11 is 0. The van der Waals surface area contributed by atoms with Crippen LogP contribution in [0.1, 0.15) is 0 Å². The van der Waals surface area contributed by atoms with Gasteiger partial charge in [-0.05, 0) is 30.3 Å². The number of hydrogen-bond donors (Lipinski definition) is 2. The van der Waals surface area contributed by atoms with Crippen LogP contribution in [0.25, 0.3) is 17.1 Å². The predicted octanol–water partition coefficient (Wildman–Crippen LogP) is 0.213. The summed E-state index contributed by atoms with van der Waals surface area (Å²) in [5.41, 5.74) is 1.43. The van der Waals surface area contributed by atoms with Crippen molar-refractivity contribution in [3.05, 3.63) is 52.9 Å². The molecule has 3 rings (SSSR count). The Morgan fingerprint density at radius 1 is 1.18 bits per heavy atom. The van der Waals surface area contributed by atoms with Crippen LogP contribution in [0.3, 0.4) is 0 Å². The van der Waals surface area contributed by atoms with Crippen LogP contribution in [0.4, 0.5) is 0 Å². The van der Waals surface area contributed by atoms with Crippen LogP contribution in [-0.4, -0.2) is 28.0 Å². The van der Waals surface area contributed by atoms with E-state index in [9.17, 15) is 13.2 Å². The Labute approximate surface area is 125 Å². The van der Waals surface area contributed by atoms with Gasteiger partial charge in [0.2, 0.25) is 10.0 Å². The van der Waals surface area contributed by atoms with E-state index < -0.39 is 10.0 Å². The van der Waals surface area contributed by atoms with Crippen LogP contribution in [-0.2, 0) is 17.1 Å². The Morgan fingerprint density at radius 3 is 2.41 bits per heavy atom. The van der Waals surface area contributed by atoms with Gasteiger partial charge in [0.15, 0.2) is 0 Å². The first kappa shape index (κ1) is 14.3. The van der Waals surface area contributed by atoms with Crippen molar-refractivity contribution in [1.29, 1.82) is 0 Å². The van der Waals surface area contributed by atoms with Crippen LogP contribution in [0.2, 0.25) is 0 Å². The van der Waals surface area contributed by atoms with E-state index in [1.165, 1.54) is 35.0 Å². The molecule has 0 atom stereocenters. The molecule has 0 aliphatic carbocycles. The molecule has 0 unspecified atom stereocenters. The number of hydrogen-bond acceptors (Lipinski definition) is 4. The summed E-state index contributed by atoms with van der Waals surface area (Å²) in [4.78, 5) is 12.0. The fraction of sp³-hybridized carbons (Fsp3) is 0.0769. The van der Waals surface area contributed by atoms with Crippen LogP contribution in [0, 0.1) is 0 Å². The highest BCUT2D eigenvalue weighted by atomic mass is 32.2. The predicted molar refractivity (Wildman–Crippen MR) is 80.0 cm³/mol. The fourth-order valence-corrected chi connectivity index (χ4v) is 2.58. The first-order valence-electron chi connectivity index (χ1n) is 6.30. The molecule has 0 aliphatic heterocycles. The van der Waals surface area contributed by atoms with Crippen molar-refractivity contribution in [2.75, 3.05) is 0 Å². The molecule has 0 amide bonds. The maximum absolute atomic E-state index is 12.1. The second kappa shape index (κ2) is 4.97. The summed E-state index contributed by atoms with van der Waals surface area (Å²) < 4.78 is 25.4. The van der Waals surface area contributed by atoms with Gasteiger partial charge in [-0.2, -0.15) is 5.10 Å². The van der Waals surface area contributed by atoms with Crippen LogP contribution < -0.4 is 10.7 Å². The third-order valence-corrected chi connectivity index (χ3v) is 4.06. The van der Waals surface area contributed by atoms with Gasteiger partial charge in [0.25, 0.3) is 5.56 Å². The zero-order chi connectivity index (χ0) is 15.9. The maximum Gasteiger partial charge on any atom is 0.271 e. The van der Waals surface area contributed by atoms with E-state index >= 15 is 0 Å². The van der Waals surface area contributed by atoms with Gasteiger partial charge in [-0.15, -0.1) is 0 Å². The van der Waals surface area contributed by atoms with Gasteiger partial charge < -0.3 is 0 Å². The van der Waals surface area contributed by atoms with Crippen molar-refractivity contribution in [2.24, 2.45) is 12.2 Å². The summed E-state index contributed by atoms with van der Waals surface area (Å²) in [6.45, 7) is 0. The van der Waals surface area contributed by atoms with E-state index in [4.69, 9.17) is 5.14 Å². The minimum atomic E-state index is -3.76. The third-order valence-electron chi connectivity index (χ3n) is 3.13. The van der Waals surface area contributed by atoms with Gasteiger partial charge in [-0.1, -0.05) is 0 Å². The van der Waals surface area contributed by atoms with E-state index in [0.29, 0.717) is 17.1 Å². The van der Waals surface area contributed by atoms with Crippen molar-refractivity contribution >= 4 is 10.0 Å². The van der Waals surface area contributed by atoms with E-state index in [1.54, 1.807) is 24.0 Å². The summed E-state index contributed by atoms with van der Waals surface area (Å²) in [6.07, 6.45) is 1.77. The standard InChI is InChI=1S/C13H13N5O3S/c1-17-7-6-11(15-17)12-8-13(19)18(16-12)9-2-4-10(5-3-9)22(14,20)21/h2-8,16H,1H3,(H2,14,20,21). The lowest BCUT2D eigenvalue weighted by Crippen LogP contribution is -2.15. The van der Waals surface area contributed by atoms with Crippen molar-refractivity contribution in [1.82, 2.24) is 19.6 Å². The number of H-pyrrole nitrogens is 1. The molecule has 9 heteroatoms. The van der Waals surface area contributed by atoms with E-state index in [-0.39, 0.29) is 10.5 Å². The second-order valence-electron chi connectivity index (χ2n) is 4.76. The van der Waals surface area contributed by atoms with Crippen molar-refractivity contribution < 1.29 is 8.42 Å². The highest BCUT2D eigenvalue weighted by Crippen LogP contribution is 2.15. The Bertz CT molecular complexity index is 979. The zero-order valence-corrected chi connectivity index (χ0v) is 12.4. The molecule has 114 valence electrons. The smallest absolute Gasteiger partial charge is 0.271 e. The average molecular weight is 319 g/mol. The molecule has 0 fully saturated rings. The number of aromatic amines is 1.